The molecule has 0 aliphatic carbocycles. The molecule has 0 unspecified atom stereocenters. The van der Waals surface area contributed by atoms with Gasteiger partial charge < -0.3 is 14.5 Å². The highest BCUT2D eigenvalue weighted by atomic mass is 35.9. The maximum Gasteiger partial charge on any atom is 0.427 e. The minimum atomic E-state index is -1.68. The summed E-state index contributed by atoms with van der Waals surface area (Å²) in [7, 11) is -0.917. The molecular formula is H3Cl2O3PSi. The first-order chi connectivity index (χ1) is 3.15. The van der Waals surface area contributed by atoms with Crippen molar-refractivity contribution in [2.75, 3.05) is 0 Å². The number of hydrogen-bond acceptors (Lipinski definition) is 3. The largest absolute Gasteiger partial charge is 0.427 e. The molecule has 0 bridgehead atoms. The van der Waals surface area contributed by atoms with Crippen molar-refractivity contribution >= 4 is 39.3 Å². The third-order valence-corrected chi connectivity index (χ3v) is 0. The van der Waals surface area contributed by atoms with E-state index in [4.69, 9.17) is 14.5 Å². The van der Waals surface area contributed by atoms with Gasteiger partial charge in [0.2, 0.25) is 6.85 Å². The molecule has 0 aliphatic rings. The van der Waals surface area contributed by atoms with Gasteiger partial charge in [-0.1, -0.05) is 0 Å². The van der Waals surface area contributed by atoms with Gasteiger partial charge in [0.05, 0.1) is 0 Å². The smallest absolute Gasteiger partial charge is 0.409 e. The number of halogens is 2. The van der Waals surface area contributed by atoms with E-state index in [9.17, 15) is 0 Å². The molecule has 0 atom stereocenters. The van der Waals surface area contributed by atoms with Crippen LogP contribution >= 0.6 is 29.3 Å². The van der Waals surface area contributed by atoms with Gasteiger partial charge in [0, 0.05) is 0 Å². The first-order valence-electron chi connectivity index (χ1n) is 0.985. The van der Waals surface area contributed by atoms with E-state index in [0.29, 0.717) is 0 Å². The SMILES string of the molecule is OP(Cl)Cl.O[Si]O. The zero-order valence-corrected chi connectivity index (χ0v) is 6.45. The van der Waals surface area contributed by atoms with Gasteiger partial charge in [0.25, 0.3) is 0 Å². The monoisotopic (exact) mass is 180 g/mol. The molecule has 3 nitrogen and oxygen atoms in total. The number of hydrogen-bond donors (Lipinski definition) is 3. The van der Waals surface area contributed by atoms with Crippen LogP contribution in [0.4, 0.5) is 0 Å². The first kappa shape index (κ1) is 11.0. The van der Waals surface area contributed by atoms with Gasteiger partial charge in [-0.25, -0.2) is 0 Å². The summed E-state index contributed by atoms with van der Waals surface area (Å²) in [6.45, 7) is -1.68. The van der Waals surface area contributed by atoms with Gasteiger partial charge in [0.1, 0.15) is 0 Å². The average Bonchev–Trinajstić information content (AvgIpc) is 1.33. The van der Waals surface area contributed by atoms with Crippen LogP contribution in [0, 0.1) is 0 Å². The highest BCUT2D eigenvalue weighted by Crippen LogP contribution is 2.40. The molecule has 44 valence electrons. The zero-order chi connectivity index (χ0) is 6.28. The standard InChI is InChI=1S/Cl2HOP.H2O2Si/c1-4(2)3;1-3-2/h3H;1-2H. The Morgan fingerprint density at radius 3 is 1.29 bits per heavy atom. The second kappa shape index (κ2) is 10.2. The average molecular weight is 181 g/mol. The van der Waals surface area contributed by atoms with E-state index in [1.54, 1.807) is 0 Å². The lowest BCUT2D eigenvalue weighted by Crippen LogP contribution is -1.75. The normalized spacial score (nSPS) is 7.71. The molecular weight excluding hydrogens is 178 g/mol. The van der Waals surface area contributed by atoms with Crippen LogP contribution in [0.5, 0.6) is 0 Å². The minimum Gasteiger partial charge on any atom is -0.409 e. The van der Waals surface area contributed by atoms with Crippen LogP contribution < -0.4 is 0 Å². The minimum absolute atomic E-state index is 0.917. The van der Waals surface area contributed by atoms with E-state index in [1.807, 2.05) is 0 Å². The fraction of sp³-hybridized carbons (Fsp3) is 0. The fourth-order valence-corrected chi connectivity index (χ4v) is 0. The van der Waals surface area contributed by atoms with E-state index >= 15 is 0 Å². The molecule has 2 radical (unpaired) electrons. The van der Waals surface area contributed by atoms with Crippen LogP contribution in [-0.2, 0) is 0 Å². The van der Waals surface area contributed by atoms with Crippen molar-refractivity contribution in [1.82, 2.24) is 0 Å². The lowest BCUT2D eigenvalue weighted by Gasteiger charge is -1.71. The molecule has 0 fully saturated rings. The highest BCUT2D eigenvalue weighted by Gasteiger charge is 1.78. The topological polar surface area (TPSA) is 60.7 Å². The third-order valence-electron chi connectivity index (χ3n) is 0. The highest BCUT2D eigenvalue weighted by molar-refractivity contribution is 7.99. The molecule has 7 heteroatoms. The Labute approximate surface area is 54.4 Å². The summed E-state index contributed by atoms with van der Waals surface area (Å²) < 4.78 is 0. The second-order valence-electron chi connectivity index (χ2n) is 0.315. The van der Waals surface area contributed by atoms with E-state index < -0.39 is 16.9 Å². The molecule has 0 heterocycles. The van der Waals surface area contributed by atoms with E-state index in [0.717, 1.165) is 0 Å². The Hall–Kier alpha value is 1.11. The van der Waals surface area contributed by atoms with Gasteiger partial charge in [-0.2, -0.15) is 0 Å². The van der Waals surface area contributed by atoms with Gasteiger partial charge in [0.15, 0.2) is 0 Å². The molecule has 0 aliphatic heterocycles. The van der Waals surface area contributed by atoms with E-state index in [1.165, 1.54) is 0 Å². The molecule has 0 saturated carbocycles. The Morgan fingerprint density at radius 2 is 1.29 bits per heavy atom. The Morgan fingerprint density at radius 1 is 1.29 bits per heavy atom. The zero-order valence-electron chi connectivity index (χ0n) is 3.04. The van der Waals surface area contributed by atoms with Crippen LogP contribution in [-0.4, -0.2) is 24.5 Å². The summed E-state index contributed by atoms with van der Waals surface area (Å²) >= 11 is 9.32. The molecule has 7 heavy (non-hydrogen) atoms. The van der Waals surface area contributed by atoms with Gasteiger partial charge in [-0.05, 0) is 22.5 Å². The predicted molar refractivity (Wildman–Crippen MR) is 31.0 cm³/mol. The fourth-order valence-electron chi connectivity index (χ4n) is 0. The van der Waals surface area contributed by atoms with Crippen molar-refractivity contribution < 1.29 is 14.5 Å². The number of rotatable bonds is 0. The maximum absolute atomic E-state index is 7.65. The quantitative estimate of drug-likeness (QED) is 0.369. The van der Waals surface area contributed by atoms with Crippen molar-refractivity contribution in [3.8, 4) is 0 Å². The third kappa shape index (κ3) is 151. The summed E-state index contributed by atoms with van der Waals surface area (Å²) in [5.41, 5.74) is 0. The van der Waals surface area contributed by atoms with Crippen molar-refractivity contribution in [2.24, 2.45) is 0 Å². The van der Waals surface area contributed by atoms with Gasteiger partial charge in [-0.15, -0.1) is 0 Å². The molecule has 0 amide bonds. The Bertz CT molecular complexity index is 24.1. The van der Waals surface area contributed by atoms with Crippen LogP contribution in [0.2, 0.25) is 0 Å². The van der Waals surface area contributed by atoms with Crippen LogP contribution in [0.25, 0.3) is 0 Å². The summed E-state index contributed by atoms with van der Waals surface area (Å²) in [5, 5.41) is 0. The predicted octanol–water partition coefficient (Wildman–Crippen LogP) is 0.188. The van der Waals surface area contributed by atoms with Gasteiger partial charge >= 0.3 is 10.0 Å². The van der Waals surface area contributed by atoms with Crippen LogP contribution in [0.3, 0.4) is 0 Å². The Kier molecular flexibility index (Phi) is 15.9. The molecule has 0 aromatic carbocycles. The van der Waals surface area contributed by atoms with Crippen LogP contribution in [0.15, 0.2) is 0 Å². The molecule has 0 saturated heterocycles. The summed E-state index contributed by atoms with van der Waals surface area (Å²) in [6.07, 6.45) is 0. The summed E-state index contributed by atoms with van der Waals surface area (Å²) in [6, 6.07) is 0. The molecule has 0 rings (SSSR count). The molecule has 0 spiro atoms. The van der Waals surface area contributed by atoms with Crippen molar-refractivity contribution in [1.29, 1.82) is 0 Å². The van der Waals surface area contributed by atoms with Crippen molar-refractivity contribution in [3.05, 3.63) is 0 Å². The second-order valence-corrected chi connectivity index (χ2v) is 3.39. The Balaban J connectivity index is 0. The van der Waals surface area contributed by atoms with Crippen molar-refractivity contribution in [3.63, 3.8) is 0 Å². The van der Waals surface area contributed by atoms with Crippen molar-refractivity contribution in [2.45, 2.75) is 0 Å². The lowest BCUT2D eigenvalue weighted by molar-refractivity contribution is 0.448. The first-order valence-corrected chi connectivity index (χ1v) is 4.98. The summed E-state index contributed by atoms with van der Waals surface area (Å²) in [4.78, 5) is 22.0. The van der Waals surface area contributed by atoms with E-state index in [2.05, 4.69) is 22.5 Å². The van der Waals surface area contributed by atoms with Crippen LogP contribution in [0.1, 0.15) is 0 Å². The molecule has 3 N–H and O–H groups in total. The summed E-state index contributed by atoms with van der Waals surface area (Å²) in [5.74, 6) is 0. The van der Waals surface area contributed by atoms with Gasteiger partial charge in [-0.3, -0.25) is 0 Å². The lowest BCUT2D eigenvalue weighted by atomic mass is 15.8. The molecule has 0 aromatic heterocycles. The molecule has 0 aromatic rings. The van der Waals surface area contributed by atoms with E-state index in [-0.39, 0.29) is 0 Å². The maximum atomic E-state index is 7.65.